The average molecular weight is 440 g/mol. The van der Waals surface area contributed by atoms with E-state index in [4.69, 9.17) is 18.9 Å². The Morgan fingerprint density at radius 3 is 2.03 bits per heavy atom. The molecule has 1 saturated carbocycles. The molecule has 30 heavy (non-hydrogen) atoms. The van der Waals surface area contributed by atoms with Gasteiger partial charge < -0.3 is 18.9 Å². The molecule has 168 valence electrons. The molecule has 2 aliphatic heterocycles. The van der Waals surface area contributed by atoms with Gasteiger partial charge in [-0.2, -0.15) is 26.3 Å². The summed E-state index contributed by atoms with van der Waals surface area (Å²) in [7, 11) is 0. The SMILES string of the molecule is CC1(C)OC2C(C(F)(F)F)=CC3C(C4C=CC3(C(F)(F)F)C3OC(C)(C)OC43)C2O1. The maximum atomic E-state index is 14.6. The number of allylic oxidation sites excluding steroid dienone is 1. The molecule has 4 aliphatic carbocycles. The second kappa shape index (κ2) is 5.63. The molecule has 0 aromatic rings. The second-order valence-corrected chi connectivity index (χ2v) is 9.63. The number of ether oxygens (including phenoxy) is 4. The monoisotopic (exact) mass is 440 g/mol. The van der Waals surface area contributed by atoms with Crippen LogP contribution in [0.2, 0.25) is 0 Å². The van der Waals surface area contributed by atoms with Crippen molar-refractivity contribution >= 4 is 0 Å². The van der Waals surface area contributed by atoms with E-state index in [0.717, 1.165) is 6.08 Å². The third-order valence-corrected chi connectivity index (χ3v) is 6.98. The zero-order valence-electron chi connectivity index (χ0n) is 16.7. The molecule has 8 atom stereocenters. The standard InChI is InChI=1S/C20H22F6O4/c1-16(2)28-13-10(19(21,22)23)7-9-11(14(13)29-16)8-5-6-18(9,20(24,25)26)15-12(8)27-17(3,4)30-15/h5-9,11-15H,1-4H3. The molecular formula is C20H22F6O4. The van der Waals surface area contributed by atoms with Crippen molar-refractivity contribution in [2.45, 2.75) is 76.0 Å². The van der Waals surface area contributed by atoms with Crippen molar-refractivity contribution < 1.29 is 45.3 Å². The van der Waals surface area contributed by atoms with Gasteiger partial charge in [0.2, 0.25) is 0 Å². The van der Waals surface area contributed by atoms with E-state index in [0.29, 0.717) is 6.08 Å². The van der Waals surface area contributed by atoms with Crippen molar-refractivity contribution in [2.24, 2.45) is 23.2 Å². The van der Waals surface area contributed by atoms with Gasteiger partial charge in [-0.1, -0.05) is 18.2 Å². The minimum Gasteiger partial charge on any atom is -0.344 e. The van der Waals surface area contributed by atoms with E-state index in [-0.39, 0.29) is 0 Å². The fourth-order valence-electron chi connectivity index (χ4n) is 6.09. The molecule has 0 aromatic heterocycles. The molecular weight excluding hydrogens is 418 g/mol. The highest BCUT2D eigenvalue weighted by Gasteiger charge is 2.77. The van der Waals surface area contributed by atoms with Crippen LogP contribution in [0.5, 0.6) is 0 Å². The zero-order chi connectivity index (χ0) is 22.1. The molecule has 6 aliphatic rings. The molecule has 0 N–H and O–H groups in total. The van der Waals surface area contributed by atoms with E-state index >= 15 is 0 Å². The molecule has 0 spiro atoms. The lowest BCUT2D eigenvalue weighted by molar-refractivity contribution is -0.288. The quantitative estimate of drug-likeness (QED) is 0.410. The number of hydrogen-bond acceptors (Lipinski definition) is 4. The van der Waals surface area contributed by atoms with Gasteiger partial charge in [0, 0.05) is 17.8 Å². The summed E-state index contributed by atoms with van der Waals surface area (Å²) < 4.78 is 108. The summed E-state index contributed by atoms with van der Waals surface area (Å²) in [4.78, 5) is 0. The number of halogens is 6. The molecule has 2 bridgehead atoms. The zero-order valence-corrected chi connectivity index (χ0v) is 16.7. The van der Waals surface area contributed by atoms with Crippen molar-refractivity contribution in [2.75, 3.05) is 0 Å². The van der Waals surface area contributed by atoms with Crippen LogP contribution in [-0.2, 0) is 18.9 Å². The molecule has 0 amide bonds. The van der Waals surface area contributed by atoms with Crippen LogP contribution in [-0.4, -0.2) is 48.3 Å². The first-order valence-electron chi connectivity index (χ1n) is 9.84. The first kappa shape index (κ1) is 20.8. The summed E-state index contributed by atoms with van der Waals surface area (Å²) in [6, 6.07) is 0. The van der Waals surface area contributed by atoms with Crippen LogP contribution in [0.4, 0.5) is 26.3 Å². The van der Waals surface area contributed by atoms with Gasteiger partial charge in [0.15, 0.2) is 11.6 Å². The van der Waals surface area contributed by atoms with Gasteiger partial charge in [-0.3, -0.25) is 0 Å². The van der Waals surface area contributed by atoms with E-state index in [2.05, 4.69) is 0 Å². The van der Waals surface area contributed by atoms with Gasteiger partial charge in [-0.05, 0) is 27.7 Å². The fourth-order valence-corrected chi connectivity index (χ4v) is 6.09. The Labute approximate surface area is 169 Å². The minimum atomic E-state index is -4.86. The molecule has 2 saturated heterocycles. The summed E-state index contributed by atoms with van der Waals surface area (Å²) in [5.74, 6) is -5.64. The van der Waals surface area contributed by atoms with Gasteiger partial charge in [0.05, 0.1) is 17.8 Å². The van der Waals surface area contributed by atoms with Crippen molar-refractivity contribution in [1.29, 1.82) is 0 Å². The molecule has 4 nitrogen and oxygen atoms in total. The van der Waals surface area contributed by atoms with E-state index in [9.17, 15) is 26.3 Å². The Balaban J connectivity index is 1.73. The van der Waals surface area contributed by atoms with Crippen molar-refractivity contribution in [3.8, 4) is 0 Å². The lowest BCUT2D eigenvalue weighted by Crippen LogP contribution is -2.68. The molecule has 10 heteroatoms. The summed E-state index contributed by atoms with van der Waals surface area (Å²) in [5.41, 5.74) is -3.78. The van der Waals surface area contributed by atoms with E-state index in [1.165, 1.54) is 33.8 Å². The third-order valence-electron chi connectivity index (χ3n) is 6.98. The van der Waals surface area contributed by atoms with Crippen molar-refractivity contribution in [3.05, 3.63) is 23.8 Å². The van der Waals surface area contributed by atoms with Gasteiger partial charge in [0.1, 0.15) is 17.6 Å². The maximum Gasteiger partial charge on any atom is 0.414 e. The van der Waals surface area contributed by atoms with Gasteiger partial charge >= 0.3 is 12.4 Å². The van der Waals surface area contributed by atoms with Crippen LogP contribution in [0.1, 0.15) is 27.7 Å². The molecule has 0 aromatic carbocycles. The van der Waals surface area contributed by atoms with Crippen LogP contribution in [0.25, 0.3) is 0 Å². The number of hydrogen-bond donors (Lipinski definition) is 0. The lowest BCUT2D eigenvalue weighted by Gasteiger charge is -2.59. The number of fused-ring (bicyclic) bond motifs is 1. The molecule has 2 heterocycles. The third kappa shape index (κ3) is 2.56. The molecule has 8 unspecified atom stereocenters. The predicted octanol–water partition coefficient (Wildman–Crippen LogP) is 4.51. The van der Waals surface area contributed by atoms with Crippen LogP contribution in [0, 0.1) is 23.2 Å². The summed E-state index contributed by atoms with van der Waals surface area (Å²) in [5, 5.41) is 0. The Kier molecular flexibility index (Phi) is 3.90. The molecule has 0 radical (unpaired) electrons. The molecule has 6 rings (SSSR count). The van der Waals surface area contributed by atoms with Gasteiger partial charge in [-0.15, -0.1) is 0 Å². The van der Waals surface area contributed by atoms with Crippen LogP contribution >= 0.6 is 0 Å². The van der Waals surface area contributed by atoms with E-state index < -0.39 is 77.1 Å². The second-order valence-electron chi connectivity index (χ2n) is 9.63. The molecule has 3 fully saturated rings. The van der Waals surface area contributed by atoms with E-state index in [1.54, 1.807) is 0 Å². The Morgan fingerprint density at radius 1 is 0.833 bits per heavy atom. The predicted molar refractivity (Wildman–Crippen MR) is 89.9 cm³/mol. The first-order chi connectivity index (χ1) is 13.6. The van der Waals surface area contributed by atoms with Crippen molar-refractivity contribution in [3.63, 3.8) is 0 Å². The maximum absolute atomic E-state index is 14.6. The summed E-state index contributed by atoms with van der Waals surface area (Å²) in [6.07, 6.45) is -11.7. The summed E-state index contributed by atoms with van der Waals surface area (Å²) in [6.45, 7) is 5.95. The highest BCUT2D eigenvalue weighted by Crippen LogP contribution is 2.68. The van der Waals surface area contributed by atoms with Gasteiger partial charge in [0.25, 0.3) is 0 Å². The lowest BCUT2D eigenvalue weighted by atomic mass is 9.48. The number of rotatable bonds is 0. The Hall–Kier alpha value is -1.10. The minimum absolute atomic E-state index is 0.595. The topological polar surface area (TPSA) is 36.9 Å². The first-order valence-corrected chi connectivity index (χ1v) is 9.84. The largest absolute Gasteiger partial charge is 0.414 e. The average Bonchev–Trinajstić information content (AvgIpc) is 3.06. The fraction of sp³-hybridized carbons (Fsp3) is 0.800. The van der Waals surface area contributed by atoms with Crippen LogP contribution in [0.15, 0.2) is 23.8 Å². The number of alkyl halides is 6. The van der Waals surface area contributed by atoms with E-state index in [1.807, 2.05) is 0 Å². The Bertz CT molecular complexity index is 828. The van der Waals surface area contributed by atoms with Crippen molar-refractivity contribution in [1.82, 2.24) is 0 Å². The Morgan fingerprint density at radius 2 is 1.43 bits per heavy atom. The highest BCUT2D eigenvalue weighted by molar-refractivity contribution is 5.37. The smallest absolute Gasteiger partial charge is 0.344 e. The highest BCUT2D eigenvalue weighted by atomic mass is 19.4. The van der Waals surface area contributed by atoms with Gasteiger partial charge in [-0.25, -0.2) is 0 Å². The van der Waals surface area contributed by atoms with Crippen LogP contribution in [0.3, 0.4) is 0 Å². The normalized spacial score (nSPS) is 48.2. The summed E-state index contributed by atoms with van der Waals surface area (Å²) >= 11 is 0. The van der Waals surface area contributed by atoms with Crippen LogP contribution < -0.4 is 0 Å².